The molecule has 0 aromatic heterocycles. The lowest BCUT2D eigenvalue weighted by Gasteiger charge is -2.13. The Hall–Kier alpha value is -0.220. The molecule has 0 spiro atoms. The van der Waals surface area contributed by atoms with Crippen LogP contribution in [0.15, 0.2) is 0 Å². The molecule has 0 aliphatic carbocycles. The van der Waals surface area contributed by atoms with Crippen molar-refractivity contribution in [3.8, 4) is 0 Å². The van der Waals surface area contributed by atoms with Crippen molar-refractivity contribution in [1.82, 2.24) is 4.90 Å². The fourth-order valence-electron chi connectivity index (χ4n) is 0.410. The van der Waals surface area contributed by atoms with Gasteiger partial charge in [-0.1, -0.05) is 0 Å². The van der Waals surface area contributed by atoms with Gasteiger partial charge in [-0.25, -0.2) is 0 Å². The predicted octanol–water partition coefficient (Wildman–Crippen LogP) is -0.668. The highest BCUT2D eigenvalue weighted by molar-refractivity contribution is 7.80. The number of nitrogens with zero attached hydrogens (tertiary/aromatic N) is 1. The molecule has 0 fully saturated rings. The summed E-state index contributed by atoms with van der Waals surface area (Å²) in [5.41, 5.74) is 5.35. The number of likely N-dealkylation sites (N-methyl/N-ethyl adjacent to an activating group) is 1. The van der Waals surface area contributed by atoms with Crippen LogP contribution in [0.2, 0.25) is 0 Å². The maximum absolute atomic E-state index is 10.8. The number of carbonyl (C=O) groups excluding carboxylic acids is 1. The van der Waals surface area contributed by atoms with Gasteiger partial charge in [0.2, 0.25) is 5.91 Å². The Balaban J connectivity index is 3.73. The monoisotopic (exact) mass is 148 g/mol. The summed E-state index contributed by atoms with van der Waals surface area (Å²) in [6.45, 7) is 0. The molecule has 0 radical (unpaired) electrons. The molecule has 9 heavy (non-hydrogen) atoms. The van der Waals surface area contributed by atoms with Gasteiger partial charge in [0.05, 0.1) is 6.04 Å². The Morgan fingerprint density at radius 2 is 2.22 bits per heavy atom. The average molecular weight is 148 g/mol. The van der Waals surface area contributed by atoms with Gasteiger partial charge in [-0.15, -0.1) is 0 Å². The quantitative estimate of drug-likeness (QED) is 0.510. The lowest BCUT2D eigenvalue weighted by atomic mass is 10.3. The molecule has 0 rings (SSSR count). The van der Waals surface area contributed by atoms with Gasteiger partial charge in [-0.2, -0.15) is 12.6 Å². The van der Waals surface area contributed by atoms with E-state index in [9.17, 15) is 4.79 Å². The molecule has 0 saturated heterocycles. The van der Waals surface area contributed by atoms with E-state index in [1.807, 2.05) is 0 Å². The lowest BCUT2D eigenvalue weighted by Crippen LogP contribution is -2.40. The van der Waals surface area contributed by atoms with Crippen molar-refractivity contribution in [2.45, 2.75) is 6.04 Å². The van der Waals surface area contributed by atoms with Crippen LogP contribution in [0.25, 0.3) is 0 Å². The Bertz CT molecular complexity index is 105. The third-order valence-electron chi connectivity index (χ3n) is 0.955. The van der Waals surface area contributed by atoms with Crippen LogP contribution in [0.5, 0.6) is 0 Å². The van der Waals surface area contributed by atoms with Gasteiger partial charge in [-0.3, -0.25) is 4.79 Å². The Kier molecular flexibility index (Phi) is 3.65. The second kappa shape index (κ2) is 3.74. The molecule has 0 aliphatic heterocycles. The van der Waals surface area contributed by atoms with E-state index in [-0.39, 0.29) is 5.91 Å². The zero-order valence-corrected chi connectivity index (χ0v) is 6.56. The molecule has 1 atom stereocenters. The molecule has 1 unspecified atom stereocenters. The molecule has 4 heteroatoms. The number of rotatable bonds is 2. The number of nitrogens with two attached hydrogens (primary N) is 1. The van der Waals surface area contributed by atoms with Crippen LogP contribution >= 0.6 is 12.6 Å². The van der Waals surface area contributed by atoms with Crippen LogP contribution in [0, 0.1) is 0 Å². The number of hydrogen-bond acceptors (Lipinski definition) is 3. The second-order valence-corrected chi connectivity index (χ2v) is 2.39. The Morgan fingerprint density at radius 3 is 2.33 bits per heavy atom. The van der Waals surface area contributed by atoms with Crippen LogP contribution in [-0.2, 0) is 4.79 Å². The van der Waals surface area contributed by atoms with Gasteiger partial charge in [0, 0.05) is 19.8 Å². The van der Waals surface area contributed by atoms with Gasteiger partial charge >= 0.3 is 0 Å². The second-order valence-electron chi connectivity index (χ2n) is 2.02. The highest BCUT2D eigenvalue weighted by Crippen LogP contribution is 1.87. The zero-order chi connectivity index (χ0) is 7.44. The Labute approximate surface area is 60.6 Å². The van der Waals surface area contributed by atoms with Crippen LogP contribution in [0.3, 0.4) is 0 Å². The molecular formula is C5H12N2OS. The minimum atomic E-state index is -0.455. The maximum Gasteiger partial charge on any atom is 0.239 e. The molecule has 2 N–H and O–H groups in total. The van der Waals surface area contributed by atoms with E-state index in [1.165, 1.54) is 4.90 Å². The molecule has 0 heterocycles. The first-order chi connectivity index (χ1) is 4.09. The molecule has 0 aromatic carbocycles. The van der Waals surface area contributed by atoms with Crippen molar-refractivity contribution >= 4 is 18.5 Å². The minimum Gasteiger partial charge on any atom is -0.347 e. The normalized spacial score (nSPS) is 12.9. The number of amides is 1. The highest BCUT2D eigenvalue weighted by atomic mass is 32.1. The van der Waals surface area contributed by atoms with Crippen LogP contribution in [0.4, 0.5) is 0 Å². The first-order valence-electron chi connectivity index (χ1n) is 2.67. The minimum absolute atomic E-state index is 0.0787. The first kappa shape index (κ1) is 8.78. The summed E-state index contributed by atoms with van der Waals surface area (Å²) in [5.74, 6) is 0.321. The molecular weight excluding hydrogens is 136 g/mol. The topological polar surface area (TPSA) is 46.3 Å². The van der Waals surface area contributed by atoms with E-state index in [1.54, 1.807) is 14.1 Å². The summed E-state index contributed by atoms with van der Waals surface area (Å²) in [5, 5.41) is 0. The smallest absolute Gasteiger partial charge is 0.239 e. The van der Waals surface area contributed by atoms with Crippen molar-refractivity contribution in [3.63, 3.8) is 0 Å². The highest BCUT2D eigenvalue weighted by Gasteiger charge is 2.11. The van der Waals surface area contributed by atoms with E-state index >= 15 is 0 Å². The maximum atomic E-state index is 10.8. The molecule has 54 valence electrons. The van der Waals surface area contributed by atoms with E-state index in [0.29, 0.717) is 5.75 Å². The van der Waals surface area contributed by atoms with Crippen molar-refractivity contribution in [1.29, 1.82) is 0 Å². The summed E-state index contributed by atoms with van der Waals surface area (Å²) < 4.78 is 0. The van der Waals surface area contributed by atoms with Gasteiger partial charge in [0.25, 0.3) is 0 Å². The van der Waals surface area contributed by atoms with Gasteiger partial charge in [0.1, 0.15) is 0 Å². The lowest BCUT2D eigenvalue weighted by molar-refractivity contribution is -0.129. The number of hydrogen-bond donors (Lipinski definition) is 2. The Morgan fingerprint density at radius 1 is 1.78 bits per heavy atom. The largest absolute Gasteiger partial charge is 0.347 e. The predicted molar refractivity (Wildman–Crippen MR) is 40.5 cm³/mol. The third-order valence-corrected chi connectivity index (χ3v) is 1.35. The van der Waals surface area contributed by atoms with Crippen LogP contribution in [0.1, 0.15) is 0 Å². The van der Waals surface area contributed by atoms with E-state index in [2.05, 4.69) is 12.6 Å². The van der Waals surface area contributed by atoms with Crippen LogP contribution in [-0.4, -0.2) is 36.7 Å². The van der Waals surface area contributed by atoms with Crippen LogP contribution < -0.4 is 5.73 Å². The van der Waals surface area contributed by atoms with E-state index in [4.69, 9.17) is 5.73 Å². The molecule has 1 amide bonds. The van der Waals surface area contributed by atoms with Crippen molar-refractivity contribution in [2.75, 3.05) is 19.8 Å². The van der Waals surface area contributed by atoms with E-state index in [0.717, 1.165) is 0 Å². The van der Waals surface area contributed by atoms with Crippen molar-refractivity contribution in [3.05, 3.63) is 0 Å². The van der Waals surface area contributed by atoms with Gasteiger partial charge in [-0.05, 0) is 0 Å². The summed E-state index contributed by atoms with van der Waals surface area (Å²) in [6.07, 6.45) is 0. The zero-order valence-electron chi connectivity index (χ0n) is 5.66. The first-order valence-corrected chi connectivity index (χ1v) is 3.30. The molecule has 0 bridgehead atoms. The standard InChI is InChI=1S/C5H12N2OS/c1-7(2)5(8)4(6)3-9/h4,9H,3,6H2,1-2H3. The summed E-state index contributed by atoms with van der Waals surface area (Å²) in [7, 11) is 3.34. The number of carbonyl (C=O) groups is 1. The number of thiol groups is 1. The molecule has 0 aromatic rings. The molecule has 0 aliphatic rings. The van der Waals surface area contributed by atoms with Crippen molar-refractivity contribution in [2.24, 2.45) is 5.73 Å². The van der Waals surface area contributed by atoms with Gasteiger partial charge < -0.3 is 10.6 Å². The van der Waals surface area contributed by atoms with E-state index < -0.39 is 6.04 Å². The SMILES string of the molecule is CN(C)C(=O)C(N)CS. The van der Waals surface area contributed by atoms with Crippen molar-refractivity contribution < 1.29 is 4.79 Å². The fourth-order valence-corrected chi connectivity index (χ4v) is 0.566. The molecule has 3 nitrogen and oxygen atoms in total. The third kappa shape index (κ3) is 2.72. The summed E-state index contributed by atoms with van der Waals surface area (Å²) >= 11 is 3.88. The molecule has 0 saturated carbocycles. The van der Waals surface area contributed by atoms with Gasteiger partial charge in [0.15, 0.2) is 0 Å². The summed E-state index contributed by atoms with van der Waals surface area (Å²) in [4.78, 5) is 12.3. The summed E-state index contributed by atoms with van der Waals surface area (Å²) in [6, 6.07) is -0.455. The average Bonchev–Trinajstić information content (AvgIpc) is 1.84. The fraction of sp³-hybridized carbons (Fsp3) is 0.800.